The zero-order chi connectivity index (χ0) is 10.8. The second-order valence-electron chi connectivity index (χ2n) is 3.45. The van der Waals surface area contributed by atoms with E-state index in [1.165, 1.54) is 23.1 Å². The summed E-state index contributed by atoms with van der Waals surface area (Å²) in [6.07, 6.45) is 2.21. The molecular weight excluding hydrogens is 232 g/mol. The number of rotatable bonds is 4. The average molecular weight is 244 g/mol. The fourth-order valence-electron chi connectivity index (χ4n) is 1.02. The number of anilines is 1. The van der Waals surface area contributed by atoms with Gasteiger partial charge in [0.1, 0.15) is 0 Å². The van der Waals surface area contributed by atoms with Gasteiger partial charge in [-0.3, -0.25) is 4.79 Å². The van der Waals surface area contributed by atoms with E-state index >= 15 is 0 Å². The quantitative estimate of drug-likeness (QED) is 0.768. The van der Waals surface area contributed by atoms with Crippen molar-refractivity contribution in [2.75, 3.05) is 5.73 Å². The summed E-state index contributed by atoms with van der Waals surface area (Å²) in [5.41, 5.74) is 5.45. The molecule has 1 atom stereocenters. The lowest BCUT2D eigenvalue weighted by atomic mass is 10.4. The van der Waals surface area contributed by atoms with E-state index < -0.39 is 0 Å². The van der Waals surface area contributed by atoms with Crippen LogP contribution in [0.2, 0.25) is 0 Å². The van der Waals surface area contributed by atoms with Gasteiger partial charge in [-0.25, -0.2) is 0 Å². The van der Waals surface area contributed by atoms with Crippen molar-refractivity contribution in [3.63, 3.8) is 0 Å². The van der Waals surface area contributed by atoms with Crippen molar-refractivity contribution in [2.45, 2.75) is 35.4 Å². The molecule has 0 saturated heterocycles. The molecule has 1 aromatic heterocycles. The van der Waals surface area contributed by atoms with E-state index in [1.54, 1.807) is 0 Å². The number of nitrogens with one attached hydrogen (secondary N) is 1. The Kier molecular flexibility index (Phi) is 3.11. The first-order valence-corrected chi connectivity index (χ1v) is 6.41. The molecule has 0 radical (unpaired) electrons. The standard InChI is InChI=1S/C8H12N4OS2/c1-4(6(13)10-5-2-3-5)14-8-12-11-7(9)15-8/h4-5H,2-3H2,1H3,(H2,9,11)(H,10,13)/t4-/m0/s1. The Morgan fingerprint density at radius 1 is 1.67 bits per heavy atom. The molecule has 0 spiro atoms. The van der Waals surface area contributed by atoms with Gasteiger partial charge in [0, 0.05) is 6.04 Å². The Bertz CT molecular complexity index is 363. The van der Waals surface area contributed by atoms with Gasteiger partial charge >= 0.3 is 0 Å². The predicted octanol–water partition coefficient (Wildman–Crippen LogP) is 0.879. The van der Waals surface area contributed by atoms with E-state index in [2.05, 4.69) is 15.5 Å². The van der Waals surface area contributed by atoms with Gasteiger partial charge < -0.3 is 11.1 Å². The van der Waals surface area contributed by atoms with Gasteiger partial charge in [0.05, 0.1) is 5.25 Å². The number of amides is 1. The third kappa shape index (κ3) is 3.07. The van der Waals surface area contributed by atoms with Crippen molar-refractivity contribution >= 4 is 34.1 Å². The summed E-state index contributed by atoms with van der Waals surface area (Å²) in [5.74, 6) is 0.0660. The Labute approximate surface area is 95.8 Å². The molecule has 1 saturated carbocycles. The lowest BCUT2D eigenvalue weighted by molar-refractivity contribution is -0.120. The maximum atomic E-state index is 11.6. The summed E-state index contributed by atoms with van der Waals surface area (Å²) in [5, 5.41) is 10.8. The summed E-state index contributed by atoms with van der Waals surface area (Å²) in [6.45, 7) is 1.86. The lowest BCUT2D eigenvalue weighted by Gasteiger charge is -2.08. The van der Waals surface area contributed by atoms with Crippen LogP contribution in [0.25, 0.3) is 0 Å². The SMILES string of the molecule is C[C@H](Sc1nnc(N)s1)C(=O)NC1CC1. The van der Waals surface area contributed by atoms with Gasteiger partial charge in [0.15, 0.2) is 4.34 Å². The second-order valence-corrected chi connectivity index (χ2v) is 6.05. The molecular formula is C8H12N4OS2. The number of thioether (sulfide) groups is 1. The van der Waals surface area contributed by atoms with Crippen LogP contribution in [0.5, 0.6) is 0 Å². The van der Waals surface area contributed by atoms with Crippen LogP contribution in [0.15, 0.2) is 4.34 Å². The van der Waals surface area contributed by atoms with E-state index in [9.17, 15) is 4.79 Å². The van der Waals surface area contributed by atoms with Crippen molar-refractivity contribution in [1.29, 1.82) is 0 Å². The molecule has 1 heterocycles. The number of nitrogens with two attached hydrogens (primary N) is 1. The van der Waals surface area contributed by atoms with Crippen LogP contribution < -0.4 is 11.1 Å². The van der Waals surface area contributed by atoms with Crippen LogP contribution >= 0.6 is 23.1 Å². The third-order valence-corrected chi connectivity index (χ3v) is 3.93. The van der Waals surface area contributed by atoms with Crippen LogP contribution in [-0.2, 0) is 4.79 Å². The molecule has 7 heteroatoms. The maximum absolute atomic E-state index is 11.6. The van der Waals surface area contributed by atoms with E-state index in [1.807, 2.05) is 6.92 Å². The Morgan fingerprint density at radius 2 is 2.40 bits per heavy atom. The Morgan fingerprint density at radius 3 is 2.93 bits per heavy atom. The monoisotopic (exact) mass is 244 g/mol. The topological polar surface area (TPSA) is 80.9 Å². The van der Waals surface area contributed by atoms with Crippen LogP contribution in [0.1, 0.15) is 19.8 Å². The molecule has 0 aromatic carbocycles. The highest BCUT2D eigenvalue weighted by Gasteiger charge is 2.26. The Balaban J connectivity index is 1.84. The van der Waals surface area contributed by atoms with Crippen LogP contribution in [-0.4, -0.2) is 27.4 Å². The van der Waals surface area contributed by atoms with Crippen molar-refractivity contribution in [1.82, 2.24) is 15.5 Å². The van der Waals surface area contributed by atoms with E-state index in [4.69, 9.17) is 5.73 Å². The molecule has 1 amide bonds. The molecule has 0 aliphatic heterocycles. The predicted molar refractivity (Wildman–Crippen MR) is 60.8 cm³/mol. The summed E-state index contributed by atoms with van der Waals surface area (Å²) in [7, 11) is 0. The summed E-state index contributed by atoms with van der Waals surface area (Å²) < 4.78 is 0.742. The number of nitrogens with zero attached hydrogens (tertiary/aromatic N) is 2. The molecule has 1 fully saturated rings. The molecule has 1 aliphatic carbocycles. The van der Waals surface area contributed by atoms with Gasteiger partial charge in [-0.05, 0) is 19.8 Å². The molecule has 1 aromatic rings. The smallest absolute Gasteiger partial charge is 0.233 e. The number of carbonyl (C=O) groups excluding carboxylic acids is 1. The first kappa shape index (κ1) is 10.7. The zero-order valence-electron chi connectivity index (χ0n) is 8.27. The highest BCUT2D eigenvalue weighted by atomic mass is 32.2. The number of hydrogen-bond donors (Lipinski definition) is 2. The highest BCUT2D eigenvalue weighted by Crippen LogP contribution is 2.28. The van der Waals surface area contributed by atoms with Crippen molar-refractivity contribution in [3.8, 4) is 0 Å². The average Bonchev–Trinajstić information content (AvgIpc) is 2.90. The first-order valence-electron chi connectivity index (χ1n) is 4.71. The van der Waals surface area contributed by atoms with Gasteiger partial charge in [0.2, 0.25) is 11.0 Å². The van der Waals surface area contributed by atoms with Gasteiger partial charge in [-0.15, -0.1) is 10.2 Å². The molecule has 3 N–H and O–H groups in total. The molecule has 2 rings (SSSR count). The molecule has 0 bridgehead atoms. The van der Waals surface area contributed by atoms with Gasteiger partial charge in [0.25, 0.3) is 0 Å². The van der Waals surface area contributed by atoms with Gasteiger partial charge in [-0.1, -0.05) is 23.1 Å². The number of aromatic nitrogens is 2. The number of nitrogen functional groups attached to an aromatic ring is 1. The summed E-state index contributed by atoms with van der Waals surface area (Å²) in [4.78, 5) is 11.6. The van der Waals surface area contributed by atoms with Crippen molar-refractivity contribution in [3.05, 3.63) is 0 Å². The molecule has 1 aliphatic rings. The fraction of sp³-hybridized carbons (Fsp3) is 0.625. The summed E-state index contributed by atoms with van der Waals surface area (Å²) in [6, 6.07) is 0.403. The largest absolute Gasteiger partial charge is 0.374 e. The number of carbonyl (C=O) groups is 1. The second kappa shape index (κ2) is 4.36. The van der Waals surface area contributed by atoms with Crippen molar-refractivity contribution < 1.29 is 4.79 Å². The summed E-state index contributed by atoms with van der Waals surface area (Å²) >= 11 is 2.70. The molecule has 5 nitrogen and oxygen atoms in total. The minimum absolute atomic E-state index is 0.0660. The third-order valence-electron chi connectivity index (χ3n) is 1.99. The lowest BCUT2D eigenvalue weighted by Crippen LogP contribution is -2.32. The van der Waals surface area contributed by atoms with E-state index in [0.717, 1.165) is 17.2 Å². The molecule has 0 unspecified atom stereocenters. The van der Waals surface area contributed by atoms with Crippen LogP contribution in [0.3, 0.4) is 0 Å². The molecule has 82 valence electrons. The minimum atomic E-state index is -0.141. The van der Waals surface area contributed by atoms with E-state index in [0.29, 0.717) is 11.2 Å². The normalized spacial score (nSPS) is 17.4. The first-order chi connectivity index (χ1) is 7.15. The fourth-order valence-corrected chi connectivity index (χ4v) is 2.81. The van der Waals surface area contributed by atoms with Crippen molar-refractivity contribution in [2.24, 2.45) is 0 Å². The van der Waals surface area contributed by atoms with Crippen LogP contribution in [0.4, 0.5) is 5.13 Å². The maximum Gasteiger partial charge on any atom is 0.233 e. The zero-order valence-corrected chi connectivity index (χ0v) is 9.90. The molecule has 15 heavy (non-hydrogen) atoms. The van der Waals surface area contributed by atoms with E-state index in [-0.39, 0.29) is 11.2 Å². The van der Waals surface area contributed by atoms with Gasteiger partial charge in [-0.2, -0.15) is 0 Å². The Hall–Kier alpha value is -0.820. The van der Waals surface area contributed by atoms with Crippen LogP contribution in [0, 0.1) is 0 Å². The number of hydrogen-bond acceptors (Lipinski definition) is 6. The minimum Gasteiger partial charge on any atom is -0.374 e. The highest BCUT2D eigenvalue weighted by molar-refractivity contribution is 8.02.